The summed E-state index contributed by atoms with van der Waals surface area (Å²) in [6.45, 7) is 9.10. The number of aromatic nitrogens is 2. The number of ether oxygens (including phenoxy) is 1. The lowest BCUT2D eigenvalue weighted by Crippen LogP contribution is -2.33. The fraction of sp³-hybridized carbons (Fsp3) is 0.714. The Balaban J connectivity index is 2.09. The van der Waals surface area contributed by atoms with Gasteiger partial charge in [-0.15, -0.1) is 0 Å². The number of rotatable bonds is 4. The van der Waals surface area contributed by atoms with E-state index in [0.717, 1.165) is 44.0 Å². The quantitative estimate of drug-likeness (QED) is 0.873. The van der Waals surface area contributed by atoms with Crippen molar-refractivity contribution in [2.24, 2.45) is 5.41 Å². The molecule has 2 rings (SSSR count). The Morgan fingerprint density at radius 1 is 1.37 bits per heavy atom. The molecule has 1 aromatic heterocycles. The zero-order valence-electron chi connectivity index (χ0n) is 12.1. The second-order valence-electron chi connectivity index (χ2n) is 5.95. The fourth-order valence-corrected chi connectivity index (χ4v) is 2.46. The van der Waals surface area contributed by atoms with Crippen LogP contribution < -0.4 is 11.1 Å². The van der Waals surface area contributed by atoms with Crippen molar-refractivity contribution >= 4 is 11.6 Å². The molecule has 0 atom stereocenters. The Morgan fingerprint density at radius 2 is 2.05 bits per heavy atom. The summed E-state index contributed by atoms with van der Waals surface area (Å²) < 4.78 is 5.42. The molecule has 3 N–H and O–H groups in total. The smallest absolute Gasteiger partial charge is 0.134 e. The highest BCUT2D eigenvalue weighted by Crippen LogP contribution is 2.32. The van der Waals surface area contributed by atoms with Gasteiger partial charge in [0.05, 0.1) is 0 Å². The van der Waals surface area contributed by atoms with Gasteiger partial charge in [-0.25, -0.2) is 9.97 Å². The van der Waals surface area contributed by atoms with E-state index in [9.17, 15) is 0 Å². The lowest BCUT2D eigenvalue weighted by Gasteiger charge is -2.34. The summed E-state index contributed by atoms with van der Waals surface area (Å²) in [5.41, 5.74) is 7.24. The van der Waals surface area contributed by atoms with Crippen molar-refractivity contribution in [2.75, 3.05) is 30.8 Å². The van der Waals surface area contributed by atoms with E-state index in [4.69, 9.17) is 10.5 Å². The Hall–Kier alpha value is -1.36. The van der Waals surface area contributed by atoms with Crippen LogP contribution in [0.4, 0.5) is 11.6 Å². The molecule has 2 heterocycles. The largest absolute Gasteiger partial charge is 0.383 e. The van der Waals surface area contributed by atoms with Crippen LogP contribution in [0.5, 0.6) is 0 Å². The molecule has 5 nitrogen and oxygen atoms in total. The van der Waals surface area contributed by atoms with E-state index in [0.29, 0.717) is 11.7 Å². The van der Waals surface area contributed by atoms with E-state index < -0.39 is 0 Å². The molecule has 0 unspecified atom stereocenters. The van der Waals surface area contributed by atoms with Gasteiger partial charge in [-0.1, -0.05) is 20.8 Å². The molecular weight excluding hydrogens is 240 g/mol. The molecule has 0 aliphatic carbocycles. The number of nitrogens with two attached hydrogens (primary N) is 1. The Kier molecular flexibility index (Phi) is 4.24. The minimum atomic E-state index is 0.270. The van der Waals surface area contributed by atoms with Gasteiger partial charge >= 0.3 is 0 Å². The molecule has 5 heteroatoms. The third-order valence-electron chi connectivity index (χ3n) is 3.87. The first kappa shape index (κ1) is 14.1. The number of nitrogens with zero attached hydrogens (tertiary/aromatic N) is 2. The van der Waals surface area contributed by atoms with Gasteiger partial charge in [-0.2, -0.15) is 0 Å². The summed E-state index contributed by atoms with van der Waals surface area (Å²) in [6.07, 6.45) is 3.69. The van der Waals surface area contributed by atoms with Crippen LogP contribution in [0.3, 0.4) is 0 Å². The first-order valence-electron chi connectivity index (χ1n) is 6.94. The summed E-state index contributed by atoms with van der Waals surface area (Å²) in [5.74, 6) is 1.76. The molecule has 0 radical (unpaired) electrons. The number of nitrogen functional groups attached to an aromatic ring is 1. The molecule has 19 heavy (non-hydrogen) atoms. The van der Waals surface area contributed by atoms with Gasteiger partial charge < -0.3 is 15.8 Å². The maximum atomic E-state index is 5.95. The van der Waals surface area contributed by atoms with Crippen LogP contribution >= 0.6 is 0 Å². The summed E-state index contributed by atoms with van der Waals surface area (Å²) in [7, 11) is 0. The first-order valence-corrected chi connectivity index (χ1v) is 6.94. The number of nitrogens with one attached hydrogen (secondary N) is 1. The van der Waals surface area contributed by atoms with Gasteiger partial charge in [-0.05, 0) is 24.2 Å². The van der Waals surface area contributed by atoms with Gasteiger partial charge in [0.2, 0.25) is 0 Å². The highest BCUT2D eigenvalue weighted by molar-refractivity contribution is 5.56. The van der Waals surface area contributed by atoms with E-state index in [1.807, 2.05) is 0 Å². The summed E-state index contributed by atoms with van der Waals surface area (Å²) >= 11 is 0. The predicted octanol–water partition coefficient (Wildman–Crippen LogP) is 2.41. The van der Waals surface area contributed by atoms with Crippen molar-refractivity contribution in [2.45, 2.75) is 39.5 Å². The van der Waals surface area contributed by atoms with Gasteiger partial charge in [-0.3, -0.25) is 0 Å². The zero-order chi connectivity index (χ0) is 13.9. The van der Waals surface area contributed by atoms with Crippen molar-refractivity contribution in [3.8, 4) is 0 Å². The predicted molar refractivity (Wildman–Crippen MR) is 77.2 cm³/mol. The zero-order valence-corrected chi connectivity index (χ0v) is 12.1. The Bertz CT molecular complexity index is 427. The molecule has 1 aromatic rings. The number of hydrogen-bond acceptors (Lipinski definition) is 5. The molecule has 1 aliphatic heterocycles. The van der Waals surface area contributed by atoms with E-state index in [2.05, 4.69) is 36.1 Å². The molecular formula is C14H24N4O. The molecule has 0 bridgehead atoms. The molecule has 0 saturated carbocycles. The van der Waals surface area contributed by atoms with Crippen LogP contribution in [0.25, 0.3) is 0 Å². The van der Waals surface area contributed by atoms with Crippen molar-refractivity contribution in [1.82, 2.24) is 9.97 Å². The summed E-state index contributed by atoms with van der Waals surface area (Å²) in [5, 5.41) is 3.46. The molecule has 0 aromatic carbocycles. The maximum Gasteiger partial charge on any atom is 0.134 e. The molecule has 1 aliphatic rings. The highest BCUT2D eigenvalue weighted by atomic mass is 16.5. The van der Waals surface area contributed by atoms with Crippen LogP contribution in [-0.4, -0.2) is 29.7 Å². The van der Waals surface area contributed by atoms with Crippen LogP contribution in [0.2, 0.25) is 0 Å². The second-order valence-corrected chi connectivity index (χ2v) is 5.95. The minimum Gasteiger partial charge on any atom is -0.383 e. The molecule has 0 spiro atoms. The van der Waals surface area contributed by atoms with Gasteiger partial charge in [0.1, 0.15) is 18.0 Å². The van der Waals surface area contributed by atoms with Crippen LogP contribution in [0.1, 0.15) is 45.1 Å². The maximum absolute atomic E-state index is 5.95. The summed E-state index contributed by atoms with van der Waals surface area (Å²) in [4.78, 5) is 8.42. The van der Waals surface area contributed by atoms with Crippen molar-refractivity contribution < 1.29 is 4.74 Å². The van der Waals surface area contributed by atoms with E-state index in [-0.39, 0.29) is 5.41 Å². The highest BCUT2D eigenvalue weighted by Gasteiger charge is 2.27. The fourth-order valence-electron chi connectivity index (χ4n) is 2.46. The van der Waals surface area contributed by atoms with E-state index >= 15 is 0 Å². The van der Waals surface area contributed by atoms with E-state index in [1.54, 1.807) is 0 Å². The topological polar surface area (TPSA) is 73.1 Å². The first-order chi connectivity index (χ1) is 9.02. The second kappa shape index (κ2) is 5.74. The molecule has 1 fully saturated rings. The third-order valence-corrected chi connectivity index (χ3v) is 3.87. The summed E-state index contributed by atoms with van der Waals surface area (Å²) in [6, 6.07) is 0. The van der Waals surface area contributed by atoms with Crippen LogP contribution in [0.15, 0.2) is 6.33 Å². The SMILES string of the molecule is CC(C)c1c(N)ncnc1NCC1(C)CCOCC1. The number of hydrogen-bond donors (Lipinski definition) is 2. The number of anilines is 2. The monoisotopic (exact) mass is 264 g/mol. The van der Waals surface area contributed by atoms with Gasteiger partial charge in [0, 0.05) is 25.3 Å². The molecule has 0 amide bonds. The average Bonchev–Trinajstić information content (AvgIpc) is 2.37. The van der Waals surface area contributed by atoms with Crippen LogP contribution in [-0.2, 0) is 4.74 Å². The van der Waals surface area contributed by atoms with Gasteiger partial charge in [0.25, 0.3) is 0 Å². The third kappa shape index (κ3) is 3.35. The lowest BCUT2D eigenvalue weighted by atomic mass is 9.82. The van der Waals surface area contributed by atoms with Crippen molar-refractivity contribution in [3.05, 3.63) is 11.9 Å². The normalized spacial score (nSPS) is 18.5. The lowest BCUT2D eigenvalue weighted by molar-refractivity contribution is 0.0299. The van der Waals surface area contributed by atoms with E-state index in [1.165, 1.54) is 6.33 Å². The Morgan fingerprint density at radius 3 is 2.68 bits per heavy atom. The molecule has 1 saturated heterocycles. The average molecular weight is 264 g/mol. The standard InChI is InChI=1S/C14H24N4O/c1-10(2)11-12(15)17-9-18-13(11)16-8-14(3)4-6-19-7-5-14/h9-10H,4-8H2,1-3H3,(H3,15,16,17,18). The minimum absolute atomic E-state index is 0.270. The van der Waals surface area contributed by atoms with Crippen molar-refractivity contribution in [3.63, 3.8) is 0 Å². The van der Waals surface area contributed by atoms with Crippen molar-refractivity contribution in [1.29, 1.82) is 0 Å². The van der Waals surface area contributed by atoms with Gasteiger partial charge in [0.15, 0.2) is 0 Å². The Labute approximate surface area is 115 Å². The van der Waals surface area contributed by atoms with Crippen LogP contribution in [0, 0.1) is 5.41 Å². The molecule has 106 valence electrons.